The van der Waals surface area contributed by atoms with Gasteiger partial charge in [-0.25, -0.2) is 0 Å². The van der Waals surface area contributed by atoms with Crippen LogP contribution in [0.1, 0.15) is 32.8 Å². The van der Waals surface area contributed by atoms with Crippen LogP contribution in [-0.2, 0) is 0 Å². The smallest absolute Gasteiger partial charge is 0.0657 e. The highest BCUT2D eigenvalue weighted by molar-refractivity contribution is 7.80. The van der Waals surface area contributed by atoms with E-state index < -0.39 is 16.0 Å². The van der Waals surface area contributed by atoms with E-state index in [1.165, 1.54) is 43.8 Å². The lowest BCUT2D eigenvalue weighted by Crippen LogP contribution is -2.40. The van der Waals surface area contributed by atoms with E-state index in [-0.39, 0.29) is 0 Å². The molecule has 0 nitrogen and oxygen atoms in total. The maximum Gasteiger partial charge on any atom is 0.0776 e. The van der Waals surface area contributed by atoms with Gasteiger partial charge in [0.1, 0.15) is 0 Å². The Morgan fingerprint density at radius 1 is 0.677 bits per heavy atom. The molecule has 0 spiro atoms. The zero-order valence-corrected chi connectivity index (χ0v) is 21.6. The van der Waals surface area contributed by atoms with Crippen LogP contribution in [0, 0.1) is 0 Å². The van der Waals surface area contributed by atoms with Crippen molar-refractivity contribution in [2.45, 2.75) is 46.8 Å². The van der Waals surface area contributed by atoms with Crippen LogP contribution in [0.3, 0.4) is 0 Å². The van der Waals surface area contributed by atoms with E-state index in [0.29, 0.717) is 0 Å². The Kier molecular flexibility index (Phi) is 6.20. The number of hydrogen-bond acceptors (Lipinski definition) is 0. The SMILES string of the molecule is CC1=C(C)C(C)=C(c2ccc([Si](C)(C)C)cc2P(c2ccccc2)c2ccccc2)C1. The van der Waals surface area contributed by atoms with Gasteiger partial charge in [-0.2, -0.15) is 0 Å². The Hall–Kier alpha value is -2.21. The van der Waals surface area contributed by atoms with E-state index >= 15 is 0 Å². The van der Waals surface area contributed by atoms with Crippen LogP contribution in [0.15, 0.2) is 95.6 Å². The molecule has 1 aliphatic carbocycles. The molecule has 0 N–H and O–H groups in total. The number of allylic oxidation sites excluding steroid dienone is 4. The molecule has 0 radical (unpaired) electrons. The fourth-order valence-corrected chi connectivity index (χ4v) is 8.19. The van der Waals surface area contributed by atoms with E-state index in [0.717, 1.165) is 6.42 Å². The first kappa shape index (κ1) is 22.0. The molecule has 0 atom stereocenters. The molecule has 0 heterocycles. The number of benzene rings is 3. The van der Waals surface area contributed by atoms with Gasteiger partial charge < -0.3 is 0 Å². The maximum absolute atomic E-state index is 2.57. The predicted octanol–water partition coefficient (Wildman–Crippen LogP) is 6.50. The maximum atomic E-state index is 2.57. The average molecular weight is 441 g/mol. The molecule has 0 aromatic heterocycles. The molecule has 1 aliphatic rings. The zero-order chi connectivity index (χ0) is 22.2. The van der Waals surface area contributed by atoms with Crippen molar-refractivity contribution in [3.05, 3.63) is 101 Å². The van der Waals surface area contributed by atoms with Gasteiger partial charge >= 0.3 is 0 Å². The molecule has 3 aromatic carbocycles. The van der Waals surface area contributed by atoms with Gasteiger partial charge in [0.05, 0.1) is 8.07 Å². The second kappa shape index (κ2) is 8.73. The van der Waals surface area contributed by atoms with Crippen molar-refractivity contribution in [3.63, 3.8) is 0 Å². The van der Waals surface area contributed by atoms with Crippen molar-refractivity contribution in [1.82, 2.24) is 0 Å². The Labute approximate surface area is 190 Å². The summed E-state index contributed by atoms with van der Waals surface area (Å²) in [6.45, 7) is 14.2. The van der Waals surface area contributed by atoms with Gasteiger partial charge in [0.15, 0.2) is 0 Å². The first-order valence-electron chi connectivity index (χ1n) is 11.2. The Bertz CT molecular complexity index is 1110. The lowest BCUT2D eigenvalue weighted by Gasteiger charge is -2.26. The monoisotopic (exact) mass is 440 g/mol. The largest absolute Gasteiger partial charge is 0.0776 e. The second-order valence-electron chi connectivity index (χ2n) is 9.67. The van der Waals surface area contributed by atoms with Crippen LogP contribution < -0.4 is 21.1 Å². The van der Waals surface area contributed by atoms with Crippen molar-refractivity contribution in [3.8, 4) is 0 Å². The zero-order valence-electron chi connectivity index (χ0n) is 19.7. The average Bonchev–Trinajstić information content (AvgIpc) is 3.02. The number of rotatable bonds is 5. The van der Waals surface area contributed by atoms with Crippen molar-refractivity contribution in [1.29, 1.82) is 0 Å². The number of hydrogen-bond donors (Lipinski definition) is 0. The first-order chi connectivity index (χ1) is 14.8. The molecule has 0 unspecified atom stereocenters. The predicted molar refractivity (Wildman–Crippen MR) is 144 cm³/mol. The second-order valence-corrected chi connectivity index (χ2v) is 16.9. The Morgan fingerprint density at radius 2 is 1.23 bits per heavy atom. The summed E-state index contributed by atoms with van der Waals surface area (Å²) in [5.74, 6) is 0. The molecule has 0 saturated heterocycles. The lowest BCUT2D eigenvalue weighted by atomic mass is 10.0. The van der Waals surface area contributed by atoms with Gasteiger partial charge in [0, 0.05) is 0 Å². The van der Waals surface area contributed by atoms with Crippen LogP contribution >= 0.6 is 7.92 Å². The molecule has 0 saturated carbocycles. The highest BCUT2D eigenvalue weighted by Gasteiger charge is 2.27. The van der Waals surface area contributed by atoms with Gasteiger partial charge in [-0.1, -0.05) is 109 Å². The van der Waals surface area contributed by atoms with Gasteiger partial charge in [0.2, 0.25) is 0 Å². The summed E-state index contributed by atoms with van der Waals surface area (Å²) in [5.41, 5.74) is 7.42. The van der Waals surface area contributed by atoms with Gasteiger partial charge in [-0.05, 0) is 73.3 Å². The van der Waals surface area contributed by atoms with Gasteiger partial charge in [-0.3, -0.25) is 0 Å². The van der Waals surface area contributed by atoms with Crippen molar-refractivity contribution < 1.29 is 0 Å². The van der Waals surface area contributed by atoms with Gasteiger partial charge in [-0.15, -0.1) is 0 Å². The van der Waals surface area contributed by atoms with Gasteiger partial charge in [0.25, 0.3) is 0 Å². The molecule has 2 heteroatoms. The Morgan fingerprint density at radius 3 is 1.68 bits per heavy atom. The minimum absolute atomic E-state index is 0.624. The highest BCUT2D eigenvalue weighted by Crippen LogP contribution is 2.41. The van der Waals surface area contributed by atoms with Crippen molar-refractivity contribution in [2.24, 2.45) is 0 Å². The Balaban J connectivity index is 2.00. The molecule has 0 bridgehead atoms. The summed E-state index contributed by atoms with van der Waals surface area (Å²) in [6, 6.07) is 29.7. The molecule has 0 amide bonds. The summed E-state index contributed by atoms with van der Waals surface area (Å²) in [7, 11) is -2.06. The molecule has 0 aliphatic heterocycles. The van der Waals surface area contributed by atoms with Crippen LogP contribution in [0.4, 0.5) is 0 Å². The fourth-order valence-electron chi connectivity index (χ4n) is 4.39. The van der Waals surface area contributed by atoms with Crippen LogP contribution in [0.25, 0.3) is 5.57 Å². The van der Waals surface area contributed by atoms with E-state index in [1.54, 1.807) is 5.19 Å². The molecule has 31 heavy (non-hydrogen) atoms. The normalized spacial score (nSPS) is 14.7. The summed E-state index contributed by atoms with van der Waals surface area (Å²) in [5, 5.41) is 5.91. The fraction of sp³-hybridized carbons (Fsp3) is 0.241. The summed E-state index contributed by atoms with van der Waals surface area (Å²) in [6.07, 6.45) is 1.07. The third-order valence-corrected chi connectivity index (χ3v) is 11.1. The molecular formula is C29H33PSi. The summed E-state index contributed by atoms with van der Waals surface area (Å²) >= 11 is 0. The highest BCUT2D eigenvalue weighted by atomic mass is 31.1. The third-order valence-electron chi connectivity index (χ3n) is 6.56. The summed E-state index contributed by atoms with van der Waals surface area (Å²) < 4.78 is 0. The standard InChI is InChI=1S/C29H33PSi/c1-21-19-28(23(3)22(21)2)27-18-17-26(31(4,5)6)20-29(27)30(24-13-9-7-10-14-24)25-15-11-8-12-16-25/h7-18,20H,19H2,1-6H3. The molecule has 4 rings (SSSR count). The lowest BCUT2D eigenvalue weighted by molar-refractivity contribution is 1.22. The van der Waals surface area contributed by atoms with Crippen LogP contribution in [0.5, 0.6) is 0 Å². The minimum atomic E-state index is -1.44. The van der Waals surface area contributed by atoms with Crippen LogP contribution in [-0.4, -0.2) is 8.07 Å². The van der Waals surface area contributed by atoms with E-state index in [1.807, 2.05) is 0 Å². The van der Waals surface area contributed by atoms with E-state index in [9.17, 15) is 0 Å². The van der Waals surface area contributed by atoms with Crippen molar-refractivity contribution >= 4 is 42.7 Å². The van der Waals surface area contributed by atoms with Crippen molar-refractivity contribution in [2.75, 3.05) is 0 Å². The minimum Gasteiger partial charge on any atom is -0.0657 e. The molecule has 158 valence electrons. The molecule has 3 aromatic rings. The summed E-state index contributed by atoms with van der Waals surface area (Å²) in [4.78, 5) is 0. The van der Waals surface area contributed by atoms with E-state index in [2.05, 4.69) is 119 Å². The quantitative estimate of drug-likeness (QED) is 0.314. The molecular weight excluding hydrogens is 407 g/mol. The van der Waals surface area contributed by atoms with Crippen LogP contribution in [0.2, 0.25) is 19.6 Å². The topological polar surface area (TPSA) is 0 Å². The molecule has 0 fully saturated rings. The third kappa shape index (κ3) is 4.40. The van der Waals surface area contributed by atoms with E-state index in [4.69, 9.17) is 0 Å². The first-order valence-corrected chi connectivity index (χ1v) is 16.0.